The fourth-order valence-electron chi connectivity index (χ4n) is 2.71. The number of likely N-dealkylation sites (N-methyl/N-ethyl adjacent to an activating group) is 1. The van der Waals surface area contributed by atoms with Crippen molar-refractivity contribution < 1.29 is 9.59 Å². The molecule has 0 aromatic rings. The van der Waals surface area contributed by atoms with Crippen molar-refractivity contribution in [3.63, 3.8) is 0 Å². The molecule has 3 atom stereocenters. The van der Waals surface area contributed by atoms with Crippen molar-refractivity contribution in [3.05, 3.63) is 0 Å². The summed E-state index contributed by atoms with van der Waals surface area (Å²) in [5, 5.41) is 2.86. The van der Waals surface area contributed by atoms with Gasteiger partial charge < -0.3 is 16.0 Å². The van der Waals surface area contributed by atoms with Crippen molar-refractivity contribution in [3.8, 4) is 0 Å². The summed E-state index contributed by atoms with van der Waals surface area (Å²) >= 11 is 0. The molecule has 3 unspecified atom stereocenters. The Kier molecular flexibility index (Phi) is 5.41. The number of likely N-dealkylation sites (tertiary alicyclic amines) is 1. The Morgan fingerprint density at radius 3 is 2.67 bits per heavy atom. The zero-order valence-corrected chi connectivity index (χ0v) is 11.5. The van der Waals surface area contributed by atoms with E-state index < -0.39 is 0 Å². The molecule has 18 heavy (non-hydrogen) atoms. The Hall–Kier alpha value is -0.810. The van der Waals surface area contributed by atoms with Gasteiger partial charge in [0.05, 0.1) is 0 Å². The lowest BCUT2D eigenvalue weighted by molar-refractivity contribution is -0.133. The molecule has 2 fully saturated rings. The first-order chi connectivity index (χ1) is 8.08. The van der Waals surface area contributed by atoms with Gasteiger partial charge in [0.2, 0.25) is 11.8 Å². The molecule has 1 saturated heterocycles. The van der Waals surface area contributed by atoms with Crippen molar-refractivity contribution >= 4 is 24.2 Å². The highest BCUT2D eigenvalue weighted by Gasteiger charge is 2.33. The van der Waals surface area contributed by atoms with E-state index in [0.29, 0.717) is 0 Å². The Morgan fingerprint density at radius 1 is 1.39 bits per heavy atom. The normalized spacial score (nSPS) is 32.0. The van der Waals surface area contributed by atoms with E-state index in [-0.39, 0.29) is 42.2 Å². The second-order valence-corrected chi connectivity index (χ2v) is 5.23. The fraction of sp³-hybridized carbons (Fsp3) is 0.833. The summed E-state index contributed by atoms with van der Waals surface area (Å²) in [4.78, 5) is 25.4. The first-order valence-electron chi connectivity index (χ1n) is 6.39. The Morgan fingerprint density at radius 2 is 2.11 bits per heavy atom. The molecule has 2 aliphatic rings. The summed E-state index contributed by atoms with van der Waals surface area (Å²) in [6.07, 6.45) is 4.39. The highest BCUT2D eigenvalue weighted by atomic mass is 35.5. The molecule has 3 N–H and O–H groups in total. The summed E-state index contributed by atoms with van der Waals surface area (Å²) < 4.78 is 0. The monoisotopic (exact) mass is 275 g/mol. The van der Waals surface area contributed by atoms with Gasteiger partial charge in [-0.15, -0.1) is 12.4 Å². The van der Waals surface area contributed by atoms with Crippen LogP contribution in [-0.2, 0) is 9.59 Å². The van der Waals surface area contributed by atoms with Gasteiger partial charge in [-0.05, 0) is 25.7 Å². The lowest BCUT2D eigenvalue weighted by Gasteiger charge is -2.26. The van der Waals surface area contributed by atoms with Crippen LogP contribution in [-0.4, -0.2) is 42.4 Å². The summed E-state index contributed by atoms with van der Waals surface area (Å²) in [6.45, 7) is 0.730. The molecule has 0 bridgehead atoms. The largest absolute Gasteiger partial charge is 0.344 e. The number of hydrogen-bond donors (Lipinski definition) is 2. The summed E-state index contributed by atoms with van der Waals surface area (Å²) in [5.41, 5.74) is 5.87. The number of rotatable bonds is 2. The van der Waals surface area contributed by atoms with Crippen LogP contribution >= 0.6 is 12.4 Å². The van der Waals surface area contributed by atoms with Crippen LogP contribution < -0.4 is 11.1 Å². The maximum atomic E-state index is 12.0. The maximum Gasteiger partial charge on any atom is 0.244 e. The average molecular weight is 276 g/mol. The zero-order valence-electron chi connectivity index (χ0n) is 10.7. The Balaban J connectivity index is 0.00000162. The smallest absolute Gasteiger partial charge is 0.244 e. The molecule has 6 heteroatoms. The first-order valence-corrected chi connectivity index (χ1v) is 6.39. The zero-order chi connectivity index (χ0) is 12.4. The minimum Gasteiger partial charge on any atom is -0.344 e. The van der Waals surface area contributed by atoms with E-state index in [2.05, 4.69) is 5.32 Å². The molecule has 2 rings (SSSR count). The van der Waals surface area contributed by atoms with E-state index in [0.717, 1.165) is 38.6 Å². The predicted molar refractivity (Wildman–Crippen MR) is 71.4 cm³/mol. The van der Waals surface area contributed by atoms with Gasteiger partial charge in [0.25, 0.3) is 0 Å². The van der Waals surface area contributed by atoms with Crippen LogP contribution in [0.5, 0.6) is 0 Å². The van der Waals surface area contributed by atoms with Crippen LogP contribution in [0.3, 0.4) is 0 Å². The van der Waals surface area contributed by atoms with E-state index >= 15 is 0 Å². The van der Waals surface area contributed by atoms with Gasteiger partial charge in [-0.1, -0.05) is 6.42 Å². The SMILES string of the molecule is CN1CCC(NC(=O)C2CCCC(N)C2)C1=O.Cl. The highest BCUT2D eigenvalue weighted by molar-refractivity contribution is 5.89. The minimum absolute atomic E-state index is 0. The highest BCUT2D eigenvalue weighted by Crippen LogP contribution is 2.23. The van der Waals surface area contributed by atoms with Crippen molar-refractivity contribution in [2.45, 2.75) is 44.2 Å². The minimum atomic E-state index is -0.314. The Labute approximate surface area is 114 Å². The molecule has 0 spiro atoms. The van der Waals surface area contributed by atoms with Crippen LogP contribution in [0.25, 0.3) is 0 Å². The number of nitrogens with zero attached hydrogens (tertiary/aromatic N) is 1. The molecule has 1 heterocycles. The second kappa shape index (κ2) is 6.38. The van der Waals surface area contributed by atoms with Gasteiger partial charge in [-0.2, -0.15) is 0 Å². The number of amides is 2. The molecular formula is C12H22ClN3O2. The van der Waals surface area contributed by atoms with Gasteiger partial charge in [0.15, 0.2) is 0 Å². The number of nitrogens with two attached hydrogens (primary N) is 1. The first kappa shape index (κ1) is 15.2. The second-order valence-electron chi connectivity index (χ2n) is 5.23. The lowest BCUT2D eigenvalue weighted by Crippen LogP contribution is -2.45. The van der Waals surface area contributed by atoms with Gasteiger partial charge in [-0.25, -0.2) is 0 Å². The van der Waals surface area contributed by atoms with Crippen molar-refractivity contribution in [1.29, 1.82) is 0 Å². The molecule has 1 aliphatic carbocycles. The number of carbonyl (C=O) groups excluding carboxylic acids is 2. The molecule has 104 valence electrons. The molecule has 1 aliphatic heterocycles. The molecule has 5 nitrogen and oxygen atoms in total. The summed E-state index contributed by atoms with van der Waals surface area (Å²) in [5.74, 6) is 0.0321. The standard InChI is InChI=1S/C12H21N3O2.ClH/c1-15-6-5-10(12(15)17)14-11(16)8-3-2-4-9(13)7-8;/h8-10H,2-7,13H2,1H3,(H,14,16);1H. The topological polar surface area (TPSA) is 75.4 Å². The molecule has 0 aromatic carbocycles. The average Bonchev–Trinajstić information content (AvgIpc) is 2.61. The number of nitrogens with one attached hydrogen (secondary N) is 1. The summed E-state index contributed by atoms with van der Waals surface area (Å²) in [6, 6.07) is -0.174. The number of carbonyl (C=O) groups is 2. The molecule has 0 aromatic heterocycles. The molecule has 2 amide bonds. The van der Waals surface area contributed by atoms with E-state index in [1.54, 1.807) is 11.9 Å². The fourth-order valence-corrected chi connectivity index (χ4v) is 2.71. The van der Waals surface area contributed by atoms with Gasteiger partial charge in [-0.3, -0.25) is 9.59 Å². The molecular weight excluding hydrogens is 254 g/mol. The molecule has 1 saturated carbocycles. The van der Waals surface area contributed by atoms with E-state index in [1.807, 2.05) is 0 Å². The number of halogens is 1. The third-order valence-corrected chi connectivity index (χ3v) is 3.83. The van der Waals surface area contributed by atoms with Crippen LogP contribution in [0, 0.1) is 5.92 Å². The van der Waals surface area contributed by atoms with Crippen LogP contribution in [0.1, 0.15) is 32.1 Å². The lowest BCUT2D eigenvalue weighted by atomic mass is 9.85. The quantitative estimate of drug-likeness (QED) is 0.760. The van der Waals surface area contributed by atoms with E-state index in [1.165, 1.54) is 0 Å². The van der Waals surface area contributed by atoms with Crippen LogP contribution in [0.2, 0.25) is 0 Å². The van der Waals surface area contributed by atoms with Gasteiger partial charge >= 0.3 is 0 Å². The molecule has 0 radical (unpaired) electrons. The van der Waals surface area contributed by atoms with Gasteiger partial charge in [0.1, 0.15) is 6.04 Å². The van der Waals surface area contributed by atoms with Crippen LogP contribution in [0.4, 0.5) is 0 Å². The van der Waals surface area contributed by atoms with Crippen molar-refractivity contribution in [2.24, 2.45) is 11.7 Å². The van der Waals surface area contributed by atoms with Crippen LogP contribution in [0.15, 0.2) is 0 Å². The van der Waals surface area contributed by atoms with Crippen molar-refractivity contribution in [2.75, 3.05) is 13.6 Å². The van der Waals surface area contributed by atoms with E-state index in [4.69, 9.17) is 5.73 Å². The Bertz CT molecular complexity index is 324. The third kappa shape index (κ3) is 3.36. The number of hydrogen-bond acceptors (Lipinski definition) is 3. The van der Waals surface area contributed by atoms with Crippen molar-refractivity contribution in [1.82, 2.24) is 10.2 Å². The third-order valence-electron chi connectivity index (χ3n) is 3.83. The van der Waals surface area contributed by atoms with E-state index in [9.17, 15) is 9.59 Å². The summed E-state index contributed by atoms with van der Waals surface area (Å²) in [7, 11) is 1.77. The van der Waals surface area contributed by atoms with Gasteiger partial charge in [0, 0.05) is 25.6 Å². The predicted octanol–water partition coefficient (Wildman–Crippen LogP) is 0.273. The maximum absolute atomic E-state index is 12.0.